The Morgan fingerprint density at radius 2 is 1.00 bits per heavy atom. The molecule has 0 aromatic carbocycles. The van der Waals surface area contributed by atoms with Crippen molar-refractivity contribution in [1.29, 1.82) is 0 Å². The minimum atomic E-state index is -1.01. The standard InChI is InChI=1S/C7H15BO2.C6H14O2/c1-6(2)7(3,4)10-8(5)9-6;1-5(2,7)6(3,4)8/h1-5H3;7-8H,1-4H3. The molecule has 1 heterocycles. The largest absolute Gasteiger partial charge is 0.454 e. The molecule has 5 heteroatoms. The van der Waals surface area contributed by atoms with E-state index in [1.165, 1.54) is 0 Å². The number of hydrogen-bond donors (Lipinski definition) is 2. The highest BCUT2D eigenvalue weighted by Crippen LogP contribution is 2.36. The van der Waals surface area contributed by atoms with Crippen molar-refractivity contribution in [2.45, 2.75) is 84.6 Å². The Kier molecular flexibility index (Phi) is 5.09. The lowest BCUT2D eigenvalue weighted by molar-refractivity contribution is -0.107. The van der Waals surface area contributed by atoms with E-state index in [-0.39, 0.29) is 18.3 Å². The Morgan fingerprint density at radius 3 is 1.06 bits per heavy atom. The van der Waals surface area contributed by atoms with Gasteiger partial charge in [0.2, 0.25) is 0 Å². The minimum Gasteiger partial charge on any atom is -0.403 e. The molecule has 1 aliphatic heterocycles. The smallest absolute Gasteiger partial charge is 0.403 e. The molecule has 0 saturated carbocycles. The van der Waals surface area contributed by atoms with Gasteiger partial charge in [-0.2, -0.15) is 0 Å². The van der Waals surface area contributed by atoms with Gasteiger partial charge >= 0.3 is 7.12 Å². The summed E-state index contributed by atoms with van der Waals surface area (Å²) in [4.78, 5) is 0. The zero-order valence-corrected chi connectivity index (χ0v) is 13.3. The van der Waals surface area contributed by atoms with Crippen LogP contribution in [0.25, 0.3) is 0 Å². The van der Waals surface area contributed by atoms with Gasteiger partial charge in [0, 0.05) is 0 Å². The van der Waals surface area contributed by atoms with Crippen molar-refractivity contribution in [2.24, 2.45) is 0 Å². The first-order chi connectivity index (χ1) is 7.60. The van der Waals surface area contributed by atoms with Gasteiger partial charge in [-0.15, -0.1) is 0 Å². The lowest BCUT2D eigenvalue weighted by Crippen LogP contribution is -2.44. The van der Waals surface area contributed by atoms with Crippen molar-refractivity contribution in [2.75, 3.05) is 0 Å². The van der Waals surface area contributed by atoms with Crippen LogP contribution in [0, 0.1) is 0 Å². The van der Waals surface area contributed by atoms with Crippen molar-refractivity contribution in [3.8, 4) is 0 Å². The van der Waals surface area contributed by atoms with Crippen LogP contribution >= 0.6 is 0 Å². The molecular formula is C13H29BO4. The van der Waals surface area contributed by atoms with Gasteiger partial charge < -0.3 is 19.5 Å². The second kappa shape index (κ2) is 5.12. The molecular weight excluding hydrogens is 231 g/mol. The van der Waals surface area contributed by atoms with E-state index in [1.54, 1.807) is 27.7 Å². The van der Waals surface area contributed by atoms with Crippen molar-refractivity contribution in [1.82, 2.24) is 0 Å². The van der Waals surface area contributed by atoms with E-state index in [1.807, 2.05) is 6.82 Å². The molecule has 0 spiro atoms. The van der Waals surface area contributed by atoms with Crippen LogP contribution in [0.4, 0.5) is 0 Å². The summed E-state index contributed by atoms with van der Waals surface area (Å²) in [6.45, 7) is 16.4. The summed E-state index contributed by atoms with van der Waals surface area (Å²) in [5, 5.41) is 18.2. The summed E-state index contributed by atoms with van der Waals surface area (Å²) in [6, 6.07) is 0. The summed E-state index contributed by atoms with van der Waals surface area (Å²) in [5.74, 6) is 0. The van der Waals surface area contributed by atoms with Crippen molar-refractivity contribution in [3.05, 3.63) is 0 Å². The first-order valence-electron chi connectivity index (χ1n) is 6.40. The zero-order valence-electron chi connectivity index (χ0n) is 13.3. The van der Waals surface area contributed by atoms with Gasteiger partial charge in [-0.05, 0) is 62.2 Å². The molecule has 108 valence electrons. The highest BCUT2D eigenvalue weighted by atomic mass is 16.7. The summed E-state index contributed by atoms with van der Waals surface area (Å²) < 4.78 is 11.1. The van der Waals surface area contributed by atoms with Crippen LogP contribution in [-0.2, 0) is 9.31 Å². The third kappa shape index (κ3) is 4.54. The minimum absolute atomic E-state index is 0.0648. The van der Waals surface area contributed by atoms with Gasteiger partial charge in [-0.25, -0.2) is 0 Å². The van der Waals surface area contributed by atoms with Gasteiger partial charge in [0.15, 0.2) is 0 Å². The Balaban J connectivity index is 0.000000331. The molecule has 0 amide bonds. The average Bonchev–Trinajstić information content (AvgIpc) is 2.13. The molecule has 18 heavy (non-hydrogen) atoms. The Hall–Kier alpha value is -0.0951. The van der Waals surface area contributed by atoms with Crippen molar-refractivity contribution < 1.29 is 19.5 Å². The van der Waals surface area contributed by atoms with E-state index >= 15 is 0 Å². The monoisotopic (exact) mass is 260 g/mol. The molecule has 2 N–H and O–H groups in total. The Bertz CT molecular complexity index is 246. The molecule has 1 fully saturated rings. The molecule has 1 aliphatic rings. The van der Waals surface area contributed by atoms with Crippen LogP contribution in [0.1, 0.15) is 55.4 Å². The van der Waals surface area contributed by atoms with E-state index in [0.29, 0.717) is 0 Å². The van der Waals surface area contributed by atoms with Gasteiger partial charge in [-0.1, -0.05) is 0 Å². The molecule has 0 bridgehead atoms. The van der Waals surface area contributed by atoms with E-state index in [0.717, 1.165) is 0 Å². The van der Waals surface area contributed by atoms with Crippen molar-refractivity contribution in [3.63, 3.8) is 0 Å². The fourth-order valence-corrected chi connectivity index (χ4v) is 1.14. The normalized spacial score (nSPS) is 22.5. The quantitative estimate of drug-likeness (QED) is 0.710. The second-order valence-corrected chi connectivity index (χ2v) is 6.94. The van der Waals surface area contributed by atoms with E-state index in [4.69, 9.17) is 19.5 Å². The molecule has 4 nitrogen and oxygen atoms in total. The van der Waals surface area contributed by atoms with Crippen LogP contribution in [0.3, 0.4) is 0 Å². The molecule has 0 aliphatic carbocycles. The maximum Gasteiger partial charge on any atom is 0.454 e. The summed E-state index contributed by atoms with van der Waals surface area (Å²) in [5.41, 5.74) is -2.33. The maximum atomic E-state index is 9.10. The van der Waals surface area contributed by atoms with Crippen LogP contribution in [-0.4, -0.2) is 39.7 Å². The summed E-state index contributed by atoms with van der Waals surface area (Å²) >= 11 is 0. The van der Waals surface area contributed by atoms with Gasteiger partial charge in [-0.3, -0.25) is 0 Å². The third-order valence-corrected chi connectivity index (χ3v) is 3.87. The maximum absolute atomic E-state index is 9.10. The fourth-order valence-electron chi connectivity index (χ4n) is 1.14. The second-order valence-electron chi connectivity index (χ2n) is 6.94. The van der Waals surface area contributed by atoms with Crippen LogP contribution in [0.2, 0.25) is 6.82 Å². The number of aliphatic hydroxyl groups is 2. The molecule has 0 radical (unpaired) electrons. The van der Waals surface area contributed by atoms with Gasteiger partial charge in [0.05, 0.1) is 22.4 Å². The van der Waals surface area contributed by atoms with E-state index < -0.39 is 11.2 Å². The van der Waals surface area contributed by atoms with E-state index in [2.05, 4.69) is 27.7 Å². The number of hydrogen-bond acceptors (Lipinski definition) is 4. The average molecular weight is 260 g/mol. The Labute approximate surface area is 112 Å². The highest BCUT2D eigenvalue weighted by molar-refractivity contribution is 6.43. The molecule has 0 unspecified atom stereocenters. The predicted molar refractivity (Wildman–Crippen MR) is 74.5 cm³/mol. The van der Waals surface area contributed by atoms with Crippen LogP contribution in [0.5, 0.6) is 0 Å². The van der Waals surface area contributed by atoms with Gasteiger partial charge in [0.1, 0.15) is 0 Å². The number of rotatable bonds is 1. The van der Waals surface area contributed by atoms with Crippen LogP contribution in [0.15, 0.2) is 0 Å². The molecule has 0 aromatic heterocycles. The predicted octanol–water partition coefficient (Wildman–Crippen LogP) is 2.24. The first kappa shape index (κ1) is 17.9. The van der Waals surface area contributed by atoms with Gasteiger partial charge in [0.25, 0.3) is 0 Å². The SMILES string of the molecule is CB1OC(C)(C)C(C)(C)O1.CC(C)(O)C(C)(C)O. The molecule has 0 atom stereocenters. The highest BCUT2D eigenvalue weighted by Gasteiger charge is 2.48. The lowest BCUT2D eigenvalue weighted by atomic mass is 9.90. The molecule has 1 saturated heterocycles. The fraction of sp³-hybridized carbons (Fsp3) is 1.00. The topological polar surface area (TPSA) is 58.9 Å². The summed E-state index contributed by atoms with van der Waals surface area (Å²) in [6.07, 6.45) is 0. The van der Waals surface area contributed by atoms with Crippen LogP contribution < -0.4 is 0 Å². The summed E-state index contributed by atoms with van der Waals surface area (Å²) in [7, 11) is -0.0648. The van der Waals surface area contributed by atoms with E-state index in [9.17, 15) is 0 Å². The molecule has 1 rings (SSSR count). The first-order valence-corrected chi connectivity index (χ1v) is 6.40. The Morgan fingerprint density at radius 1 is 0.778 bits per heavy atom. The molecule has 0 aromatic rings. The lowest BCUT2D eigenvalue weighted by Gasteiger charge is -2.32. The van der Waals surface area contributed by atoms with Crippen molar-refractivity contribution >= 4 is 7.12 Å². The third-order valence-electron chi connectivity index (χ3n) is 3.87. The zero-order chi connectivity index (χ0) is 15.0.